The molecule has 4 heteroatoms. The van der Waals surface area contributed by atoms with E-state index in [4.69, 9.17) is 0 Å². The second-order valence-corrected chi connectivity index (χ2v) is 8.68. The molecule has 0 spiro atoms. The molecule has 114 valence electrons. The van der Waals surface area contributed by atoms with E-state index in [1.807, 2.05) is 0 Å². The van der Waals surface area contributed by atoms with E-state index in [1.54, 1.807) is 6.92 Å². The Balaban J connectivity index is 2.52. The molecule has 1 rings (SSSR count). The molecule has 1 aliphatic carbocycles. The molecule has 0 aromatic heterocycles. The van der Waals surface area contributed by atoms with E-state index >= 15 is 0 Å². The van der Waals surface area contributed by atoms with Crippen molar-refractivity contribution in [3.63, 3.8) is 0 Å². The molecule has 0 bridgehead atoms. The Morgan fingerprint density at radius 3 is 2.32 bits per heavy atom. The second-order valence-electron chi connectivity index (χ2n) is 6.20. The van der Waals surface area contributed by atoms with Crippen LogP contribution in [-0.2, 0) is 9.84 Å². The summed E-state index contributed by atoms with van der Waals surface area (Å²) >= 11 is 0. The maximum atomic E-state index is 11.6. The first-order valence-electron chi connectivity index (χ1n) is 7.87. The van der Waals surface area contributed by atoms with Crippen LogP contribution in [0.25, 0.3) is 0 Å². The zero-order valence-corrected chi connectivity index (χ0v) is 13.7. The molecule has 0 heterocycles. The molecule has 0 aromatic rings. The molecular weight excluding hydrogens is 258 g/mol. The van der Waals surface area contributed by atoms with Crippen LogP contribution in [0.2, 0.25) is 0 Å². The summed E-state index contributed by atoms with van der Waals surface area (Å²) in [6.45, 7) is 7.23. The van der Waals surface area contributed by atoms with E-state index in [0.717, 1.165) is 19.4 Å². The number of hydrogen-bond donors (Lipinski definition) is 1. The molecule has 1 atom stereocenters. The van der Waals surface area contributed by atoms with Crippen molar-refractivity contribution in [2.75, 3.05) is 18.1 Å². The van der Waals surface area contributed by atoms with Crippen LogP contribution < -0.4 is 5.32 Å². The molecule has 1 N–H and O–H groups in total. The third kappa shape index (κ3) is 5.42. The molecule has 0 aliphatic heterocycles. The quantitative estimate of drug-likeness (QED) is 0.746. The van der Waals surface area contributed by atoms with Crippen molar-refractivity contribution in [2.24, 2.45) is 5.41 Å². The van der Waals surface area contributed by atoms with Crippen LogP contribution in [0.15, 0.2) is 0 Å². The van der Waals surface area contributed by atoms with E-state index in [0.29, 0.717) is 17.2 Å². The first kappa shape index (κ1) is 17.0. The first-order chi connectivity index (χ1) is 8.93. The summed E-state index contributed by atoms with van der Waals surface area (Å²) in [5, 5.41) is 3.60. The van der Waals surface area contributed by atoms with Gasteiger partial charge in [-0.1, -0.05) is 40.0 Å². The van der Waals surface area contributed by atoms with Gasteiger partial charge in [-0.25, -0.2) is 8.42 Å². The van der Waals surface area contributed by atoms with Crippen molar-refractivity contribution in [3.8, 4) is 0 Å². The predicted molar refractivity (Wildman–Crippen MR) is 82.2 cm³/mol. The van der Waals surface area contributed by atoms with Crippen molar-refractivity contribution in [1.29, 1.82) is 0 Å². The molecule has 0 amide bonds. The largest absolute Gasteiger partial charge is 0.314 e. The molecular formula is C15H31NO2S. The van der Waals surface area contributed by atoms with Crippen LogP contribution >= 0.6 is 0 Å². The fourth-order valence-electron chi connectivity index (χ4n) is 3.30. The summed E-state index contributed by atoms with van der Waals surface area (Å²) in [7, 11) is -2.81. The Bertz CT molecular complexity index is 345. The minimum Gasteiger partial charge on any atom is -0.314 e. The Morgan fingerprint density at radius 2 is 1.79 bits per heavy atom. The molecule has 1 aliphatic rings. The average Bonchev–Trinajstić information content (AvgIpc) is 2.38. The average molecular weight is 289 g/mol. The summed E-state index contributed by atoms with van der Waals surface area (Å²) in [6.07, 6.45) is 8.36. The van der Waals surface area contributed by atoms with Crippen LogP contribution in [0.3, 0.4) is 0 Å². The van der Waals surface area contributed by atoms with Crippen molar-refractivity contribution in [2.45, 2.75) is 71.8 Å². The number of hydrogen-bond acceptors (Lipinski definition) is 3. The van der Waals surface area contributed by atoms with Crippen molar-refractivity contribution < 1.29 is 8.42 Å². The van der Waals surface area contributed by atoms with Crippen LogP contribution in [0.4, 0.5) is 0 Å². The smallest absolute Gasteiger partial charge is 0.150 e. The van der Waals surface area contributed by atoms with Gasteiger partial charge in [0.05, 0.1) is 5.75 Å². The van der Waals surface area contributed by atoms with Crippen LogP contribution in [0, 0.1) is 5.41 Å². The lowest BCUT2D eigenvalue weighted by atomic mass is 9.69. The molecule has 19 heavy (non-hydrogen) atoms. The van der Waals surface area contributed by atoms with Gasteiger partial charge >= 0.3 is 0 Å². The fourth-order valence-corrected chi connectivity index (χ4v) is 4.20. The second kappa shape index (κ2) is 7.63. The van der Waals surface area contributed by atoms with Crippen molar-refractivity contribution in [1.82, 2.24) is 5.32 Å². The Labute approximate surface area is 119 Å². The lowest BCUT2D eigenvalue weighted by molar-refractivity contribution is 0.138. The third-order valence-corrected chi connectivity index (χ3v) is 6.47. The topological polar surface area (TPSA) is 46.2 Å². The highest BCUT2D eigenvalue weighted by Crippen LogP contribution is 2.40. The number of nitrogens with one attached hydrogen (secondary N) is 1. The van der Waals surface area contributed by atoms with Gasteiger partial charge in [0.25, 0.3) is 0 Å². The summed E-state index contributed by atoms with van der Waals surface area (Å²) in [5.41, 5.74) is 0.365. The molecule has 1 fully saturated rings. The van der Waals surface area contributed by atoms with Gasteiger partial charge in [-0.15, -0.1) is 0 Å². The maximum Gasteiger partial charge on any atom is 0.150 e. The SMILES string of the molecule is CCNC(CCCS(=O)(=O)CC)C1(C)CCCCC1. The minimum atomic E-state index is -2.81. The molecule has 1 unspecified atom stereocenters. The first-order valence-corrected chi connectivity index (χ1v) is 9.69. The Hall–Kier alpha value is -0.0900. The van der Waals surface area contributed by atoms with Crippen LogP contribution in [0.5, 0.6) is 0 Å². The maximum absolute atomic E-state index is 11.6. The number of rotatable bonds is 8. The lowest BCUT2D eigenvalue weighted by Gasteiger charge is -2.41. The predicted octanol–water partition coefficient (Wildman–Crippen LogP) is 3.15. The van der Waals surface area contributed by atoms with Gasteiger partial charge < -0.3 is 5.32 Å². The monoisotopic (exact) mass is 289 g/mol. The molecule has 1 saturated carbocycles. The summed E-state index contributed by atoms with van der Waals surface area (Å²) in [4.78, 5) is 0. The van der Waals surface area contributed by atoms with Gasteiger partial charge in [0.15, 0.2) is 0 Å². The molecule has 0 saturated heterocycles. The normalized spacial score (nSPS) is 21.2. The van der Waals surface area contributed by atoms with Gasteiger partial charge in [0.2, 0.25) is 0 Å². The van der Waals surface area contributed by atoms with Crippen molar-refractivity contribution >= 4 is 9.84 Å². The van der Waals surface area contributed by atoms with Gasteiger partial charge in [0.1, 0.15) is 9.84 Å². The standard InChI is InChI=1S/C15H31NO2S/c1-4-16-14(10-9-13-19(17,18)5-2)15(3)11-7-6-8-12-15/h14,16H,4-13H2,1-3H3. The summed E-state index contributed by atoms with van der Waals surface area (Å²) in [6, 6.07) is 0.477. The van der Waals surface area contributed by atoms with Gasteiger partial charge in [-0.3, -0.25) is 0 Å². The molecule has 0 radical (unpaired) electrons. The van der Waals surface area contributed by atoms with E-state index < -0.39 is 9.84 Å². The lowest BCUT2D eigenvalue weighted by Crippen LogP contribution is -2.45. The van der Waals surface area contributed by atoms with E-state index in [9.17, 15) is 8.42 Å². The van der Waals surface area contributed by atoms with E-state index in [2.05, 4.69) is 19.2 Å². The zero-order valence-electron chi connectivity index (χ0n) is 12.9. The highest BCUT2D eigenvalue weighted by Gasteiger charge is 2.34. The van der Waals surface area contributed by atoms with Gasteiger partial charge in [0, 0.05) is 11.8 Å². The highest BCUT2D eigenvalue weighted by atomic mass is 32.2. The fraction of sp³-hybridized carbons (Fsp3) is 1.00. The molecule has 0 aromatic carbocycles. The summed E-state index contributed by atoms with van der Waals surface area (Å²) in [5.74, 6) is 0.623. The van der Waals surface area contributed by atoms with Crippen LogP contribution in [0.1, 0.15) is 65.7 Å². The Morgan fingerprint density at radius 1 is 1.16 bits per heavy atom. The van der Waals surface area contributed by atoms with E-state index in [1.165, 1.54) is 32.1 Å². The molecule has 3 nitrogen and oxygen atoms in total. The summed E-state index contributed by atoms with van der Waals surface area (Å²) < 4.78 is 23.1. The Kier molecular flexibility index (Phi) is 6.81. The van der Waals surface area contributed by atoms with E-state index in [-0.39, 0.29) is 5.75 Å². The van der Waals surface area contributed by atoms with Crippen LogP contribution in [-0.4, -0.2) is 32.5 Å². The third-order valence-electron chi connectivity index (χ3n) is 4.68. The number of sulfone groups is 1. The highest BCUT2D eigenvalue weighted by molar-refractivity contribution is 7.91. The van der Waals surface area contributed by atoms with Crippen molar-refractivity contribution in [3.05, 3.63) is 0 Å². The van der Waals surface area contributed by atoms with Gasteiger partial charge in [-0.05, 0) is 37.6 Å². The zero-order chi connectivity index (χ0) is 14.4. The van der Waals surface area contributed by atoms with Gasteiger partial charge in [-0.2, -0.15) is 0 Å². The minimum absolute atomic E-state index is 0.274.